The molecule has 26 nitrogen and oxygen atoms in total. The van der Waals surface area contributed by atoms with E-state index in [2.05, 4.69) is 35.4 Å². The molecule has 0 fully saturated rings. The normalized spacial score (nSPS) is 11.5. The third-order valence-corrected chi connectivity index (χ3v) is 12.2. The number of aromatic amines is 2. The van der Waals surface area contributed by atoms with Crippen LogP contribution in [-0.4, -0.2) is 87.9 Å². The number of hydrogen-bond donors (Lipinski definition) is 7. The molecule has 0 saturated carbocycles. The van der Waals surface area contributed by atoms with Crippen LogP contribution in [0.2, 0.25) is 10.0 Å². The van der Waals surface area contributed by atoms with E-state index >= 15 is 0 Å². The number of hydrogen-bond acceptors (Lipinski definition) is 18. The average molecular weight is 1070 g/mol. The van der Waals surface area contributed by atoms with Crippen LogP contribution in [0.1, 0.15) is 11.4 Å². The Labute approximate surface area is 425 Å². The molecule has 8 N–H and O–H groups in total. The van der Waals surface area contributed by atoms with Crippen LogP contribution in [0, 0.1) is 34.1 Å². The average Bonchev–Trinajstić information content (AvgIpc) is 3.73. The number of aliphatic hydroxyl groups excluding tert-OH is 2. The van der Waals surface area contributed by atoms with Gasteiger partial charge in [0.05, 0.1) is 56.4 Å². The van der Waals surface area contributed by atoms with E-state index in [1.165, 1.54) is 62.4 Å². The van der Waals surface area contributed by atoms with Crippen molar-refractivity contribution >= 4 is 77.4 Å². The van der Waals surface area contributed by atoms with Gasteiger partial charge >= 0.3 is 45.3 Å². The molecule has 0 atom stereocenters. The molecule has 0 bridgehead atoms. The van der Waals surface area contributed by atoms with Crippen LogP contribution in [0.15, 0.2) is 113 Å². The van der Waals surface area contributed by atoms with E-state index in [1.807, 2.05) is 0 Å². The minimum Gasteiger partial charge on any atom is -0.866 e. The van der Waals surface area contributed by atoms with Crippen molar-refractivity contribution in [2.24, 2.45) is 20.5 Å². The van der Waals surface area contributed by atoms with E-state index in [4.69, 9.17) is 33.4 Å². The topological polar surface area (TPSA) is 392 Å². The number of nitrogens with zero attached hydrogens (tertiary/aromatic N) is 8. The molecule has 68 heavy (non-hydrogen) atoms. The number of quaternary nitrogens is 1. The van der Waals surface area contributed by atoms with Crippen molar-refractivity contribution in [2.45, 2.75) is 23.6 Å². The molecule has 0 spiro atoms. The number of H-pyrrole nitrogens is 2. The molecule has 2 heterocycles. The summed E-state index contributed by atoms with van der Waals surface area (Å²) in [5, 5.41) is 82.2. The molecule has 354 valence electrons. The van der Waals surface area contributed by atoms with Crippen LogP contribution in [0.25, 0.3) is 11.4 Å². The minimum absolute atomic E-state index is 0. The summed E-state index contributed by atoms with van der Waals surface area (Å²) in [5.74, 6) is -1.78. The molecule has 32 heteroatoms. The number of primary sulfonamides is 1. The number of nitro benzene ring substituents is 2. The van der Waals surface area contributed by atoms with Crippen molar-refractivity contribution in [3.63, 3.8) is 0 Å². The van der Waals surface area contributed by atoms with Gasteiger partial charge in [-0.15, -0.1) is 15.3 Å². The van der Waals surface area contributed by atoms with Gasteiger partial charge in [-0.05, 0) is 62.4 Å². The van der Waals surface area contributed by atoms with Crippen molar-refractivity contribution in [3.8, 4) is 22.9 Å². The summed E-state index contributed by atoms with van der Waals surface area (Å²) in [6.07, 6.45) is 0. The summed E-state index contributed by atoms with van der Waals surface area (Å²) in [7, 11) is -7.71. The molecular weight excluding hydrogens is 1030 g/mol. The minimum atomic E-state index is -3.92. The summed E-state index contributed by atoms with van der Waals surface area (Å²) < 4.78 is 54.5. The van der Waals surface area contributed by atoms with E-state index in [9.17, 15) is 56.9 Å². The van der Waals surface area contributed by atoms with Crippen LogP contribution in [0.5, 0.6) is 11.5 Å². The Morgan fingerprint density at radius 1 is 0.735 bits per heavy atom. The van der Waals surface area contributed by atoms with Gasteiger partial charge < -0.3 is 20.4 Å². The Hall–Kier alpha value is -5.65. The number of benzene rings is 4. The van der Waals surface area contributed by atoms with E-state index in [-0.39, 0.29) is 133 Å². The number of nitrogens with one attached hydrogen (secondary N) is 3. The molecule has 0 aliphatic heterocycles. The second-order valence-corrected chi connectivity index (χ2v) is 17.8. The number of aryl methyl sites for hydroxylation is 2. The smallest absolute Gasteiger partial charge is 0.866 e. The van der Waals surface area contributed by atoms with E-state index in [0.29, 0.717) is 0 Å². The van der Waals surface area contributed by atoms with Crippen molar-refractivity contribution in [3.05, 3.63) is 135 Å². The van der Waals surface area contributed by atoms with Crippen molar-refractivity contribution < 1.29 is 98.7 Å². The maximum Gasteiger partial charge on any atom is 1.00 e. The van der Waals surface area contributed by atoms with Crippen LogP contribution in [0.3, 0.4) is 0 Å². The third kappa shape index (κ3) is 13.3. The number of rotatable bonds is 16. The molecule has 0 aliphatic rings. The maximum atomic E-state index is 12.9. The fraction of sp³-hybridized carbons (Fsp3) is 0.167. The molecule has 6 aromatic rings. The number of azo groups is 2. The van der Waals surface area contributed by atoms with Crippen LogP contribution in [0.4, 0.5) is 34.1 Å². The second kappa shape index (κ2) is 24.1. The zero-order valence-corrected chi connectivity index (χ0v) is 41.6. The fourth-order valence-electron chi connectivity index (χ4n) is 5.60. The van der Waals surface area contributed by atoms with E-state index < -0.39 is 69.6 Å². The Kier molecular flexibility index (Phi) is 20.1. The van der Waals surface area contributed by atoms with Gasteiger partial charge in [-0.2, -0.15) is 13.5 Å². The number of aliphatic hydroxyl groups is 2. The standard InChI is InChI=1S/2C18H17ClN6O7S.Cr.Na/c2*1-10-16(22-21-14-7-11(19)8-15(17(14)27)25(29)30)18(28)24(23-10)12-3-2-4-13(9-12)33(31,32)20-5-6-26;;/h2*2-4,7-9,20,23,26-27H,5-6H2,1H3;;/q;;;+1. The number of aromatic hydroxyl groups is 1. The number of sulfonamides is 2. The first-order valence-corrected chi connectivity index (χ1v) is 22.2. The molecule has 4 aromatic carbocycles. The van der Waals surface area contributed by atoms with Gasteiger partial charge in [-0.3, -0.25) is 40.0 Å². The fourth-order valence-corrected chi connectivity index (χ4v) is 8.24. The molecule has 0 unspecified atom stereocenters. The Morgan fingerprint density at radius 3 is 1.71 bits per heavy atom. The van der Waals surface area contributed by atoms with Gasteiger partial charge in [0.1, 0.15) is 17.1 Å². The molecule has 6 rings (SSSR count). The summed E-state index contributed by atoms with van der Waals surface area (Å²) in [4.78, 5) is 45.7. The van der Waals surface area contributed by atoms with Gasteiger partial charge in [0.25, 0.3) is 16.8 Å². The molecule has 0 aliphatic carbocycles. The Bertz CT molecular complexity index is 3060. The van der Waals surface area contributed by atoms with Crippen molar-refractivity contribution in [1.29, 1.82) is 0 Å². The monoisotopic (exact) mass is 1070 g/mol. The first-order valence-electron chi connectivity index (χ1n) is 18.4. The summed E-state index contributed by atoms with van der Waals surface area (Å²) in [6.45, 7) is 2.07. The molecule has 0 radical (unpaired) electrons. The Morgan fingerprint density at radius 2 is 1.21 bits per heavy atom. The number of halogens is 2. The number of phenols is 1. The van der Waals surface area contributed by atoms with Gasteiger partial charge in [0, 0.05) is 51.8 Å². The summed E-state index contributed by atoms with van der Waals surface area (Å²) >= 11 is 11.6. The van der Waals surface area contributed by atoms with Crippen LogP contribution >= 0.6 is 23.2 Å². The predicted octanol–water partition coefficient (Wildman–Crippen LogP) is 0.198. The third-order valence-electron chi connectivity index (χ3n) is 8.70. The maximum absolute atomic E-state index is 12.9. The zero-order chi connectivity index (χ0) is 48.7. The van der Waals surface area contributed by atoms with Crippen LogP contribution < -0.4 is 55.2 Å². The number of phenolic OH excluding ortho intramolecular Hbond substituents is 1. The summed E-state index contributed by atoms with van der Waals surface area (Å²) in [6, 6.07) is 15.0. The number of nitrogens with two attached hydrogens (primary N) is 1. The predicted molar refractivity (Wildman–Crippen MR) is 231 cm³/mol. The molecular formula is C36H34Cl2CrN12NaO14S2+. The summed E-state index contributed by atoms with van der Waals surface area (Å²) in [5.41, 5.74) is -3.09. The van der Waals surface area contributed by atoms with E-state index in [1.54, 1.807) is 0 Å². The van der Waals surface area contributed by atoms with Crippen molar-refractivity contribution in [1.82, 2.24) is 24.3 Å². The first kappa shape index (κ1) is 56.7. The number of aromatic nitrogens is 4. The second-order valence-electron chi connectivity index (χ2n) is 13.3. The zero-order valence-electron chi connectivity index (χ0n) is 35.2. The molecule has 2 aromatic heterocycles. The van der Waals surface area contributed by atoms with Crippen molar-refractivity contribution in [2.75, 3.05) is 26.3 Å². The van der Waals surface area contributed by atoms with Gasteiger partial charge in [0.2, 0.25) is 15.8 Å². The SMILES string of the molecule is Cc1[nH]n(-c2cccc(S(=O)(=O)NCCO)c2)c(=O)c1N=Nc1cc(Cl)cc([N+](=O)[O-])c1[O-].Cc1[nH]n(-c2cccc(S(=O)(=O)[NH2+]CCO)c2)c(=O)c1N=Nc1cc(Cl)cc([N+](=O)[O-])c1O.[Cr].[Na+]. The largest absolute Gasteiger partial charge is 1.00 e. The molecule has 0 saturated heterocycles. The van der Waals surface area contributed by atoms with Gasteiger partial charge in [-0.25, -0.2) is 27.2 Å². The van der Waals surface area contributed by atoms with Gasteiger partial charge in [0.15, 0.2) is 11.4 Å². The van der Waals surface area contributed by atoms with E-state index in [0.717, 1.165) is 38.4 Å². The van der Waals surface area contributed by atoms with Gasteiger partial charge in [-0.1, -0.05) is 35.3 Å². The Balaban J connectivity index is 0.000000350. The quantitative estimate of drug-likeness (QED) is 0.0295. The van der Waals surface area contributed by atoms with Crippen LogP contribution in [-0.2, 0) is 37.4 Å². The number of nitro groups is 2. The molecule has 0 amide bonds. The first-order chi connectivity index (χ1) is 31.1.